The summed E-state index contributed by atoms with van der Waals surface area (Å²) in [5.41, 5.74) is 0.521. The molecule has 6 heteroatoms. The van der Waals surface area contributed by atoms with Crippen LogP contribution in [0.2, 0.25) is 5.02 Å². The average Bonchev–Trinajstić information content (AvgIpc) is 2.78. The van der Waals surface area contributed by atoms with E-state index in [9.17, 15) is 4.79 Å². The molecular formula is C12H6ClNO2S2. The molecule has 0 amide bonds. The lowest BCUT2D eigenvalue weighted by Crippen LogP contribution is -1.89. The topological polar surface area (TPSA) is 61.1 Å². The fraction of sp³-hybridized carbons (Fsp3) is 0. The summed E-state index contributed by atoms with van der Waals surface area (Å²) in [4.78, 5) is 12.6. The van der Waals surface area contributed by atoms with E-state index in [2.05, 4.69) is 6.07 Å². The molecule has 1 N–H and O–H groups in total. The van der Waals surface area contributed by atoms with Gasteiger partial charge < -0.3 is 5.11 Å². The van der Waals surface area contributed by atoms with Crippen molar-refractivity contribution in [3.63, 3.8) is 0 Å². The highest BCUT2D eigenvalue weighted by molar-refractivity contribution is 7.99. The maximum absolute atomic E-state index is 10.8. The molecular weight excluding hydrogens is 290 g/mol. The number of carboxylic acids is 1. The van der Waals surface area contributed by atoms with Crippen molar-refractivity contribution in [2.75, 3.05) is 0 Å². The first kappa shape index (κ1) is 13.0. The fourth-order valence-corrected chi connectivity index (χ4v) is 3.38. The number of nitrogens with zero attached hydrogens (tertiary/aromatic N) is 1. The molecule has 3 nitrogen and oxygen atoms in total. The van der Waals surface area contributed by atoms with Gasteiger partial charge in [0.15, 0.2) is 0 Å². The minimum Gasteiger partial charge on any atom is -0.477 e. The summed E-state index contributed by atoms with van der Waals surface area (Å²) in [6.45, 7) is 0. The van der Waals surface area contributed by atoms with E-state index in [0.717, 1.165) is 21.1 Å². The highest BCUT2D eigenvalue weighted by atomic mass is 35.5. The molecule has 1 aromatic heterocycles. The van der Waals surface area contributed by atoms with Crippen LogP contribution < -0.4 is 0 Å². The number of hydrogen-bond acceptors (Lipinski definition) is 4. The Labute approximate surface area is 117 Å². The van der Waals surface area contributed by atoms with Gasteiger partial charge in [-0.2, -0.15) is 5.26 Å². The molecule has 18 heavy (non-hydrogen) atoms. The maximum atomic E-state index is 10.8. The van der Waals surface area contributed by atoms with E-state index < -0.39 is 5.97 Å². The minimum absolute atomic E-state index is 0.276. The first-order valence-electron chi connectivity index (χ1n) is 4.79. The van der Waals surface area contributed by atoms with Gasteiger partial charge in [0.1, 0.15) is 10.9 Å². The number of carbonyl (C=O) groups is 1. The Hall–Kier alpha value is -1.48. The summed E-state index contributed by atoms with van der Waals surface area (Å²) in [5.74, 6) is -0.946. The lowest BCUT2D eigenvalue weighted by molar-refractivity contribution is 0.0702. The third kappa shape index (κ3) is 2.85. The van der Waals surface area contributed by atoms with Gasteiger partial charge >= 0.3 is 5.97 Å². The number of rotatable bonds is 3. The second-order valence-electron chi connectivity index (χ2n) is 3.31. The predicted octanol–water partition coefficient (Wildman–Crippen LogP) is 4.12. The number of benzene rings is 1. The Morgan fingerprint density at radius 3 is 2.83 bits per heavy atom. The van der Waals surface area contributed by atoms with Crippen molar-refractivity contribution >= 4 is 40.7 Å². The van der Waals surface area contributed by atoms with Crippen molar-refractivity contribution in [3.05, 3.63) is 45.1 Å². The SMILES string of the molecule is N#Cc1ccc(Cl)cc1Sc1csc(C(=O)O)c1. The summed E-state index contributed by atoms with van der Waals surface area (Å²) in [6.07, 6.45) is 0. The second kappa shape index (κ2) is 5.44. The number of nitriles is 1. The molecule has 90 valence electrons. The highest BCUT2D eigenvalue weighted by Crippen LogP contribution is 2.34. The Kier molecular flexibility index (Phi) is 3.92. The second-order valence-corrected chi connectivity index (χ2v) is 5.77. The molecule has 0 unspecified atom stereocenters. The Balaban J connectivity index is 2.30. The molecule has 0 radical (unpaired) electrons. The minimum atomic E-state index is -0.946. The van der Waals surface area contributed by atoms with E-state index in [1.54, 1.807) is 29.6 Å². The number of carboxylic acid groups (broad SMARTS) is 1. The van der Waals surface area contributed by atoms with Crippen LogP contribution in [0.1, 0.15) is 15.2 Å². The maximum Gasteiger partial charge on any atom is 0.345 e. The summed E-state index contributed by atoms with van der Waals surface area (Å²) in [5, 5.41) is 20.1. The summed E-state index contributed by atoms with van der Waals surface area (Å²) >= 11 is 8.37. The van der Waals surface area contributed by atoms with E-state index in [-0.39, 0.29) is 4.88 Å². The Morgan fingerprint density at radius 2 is 2.22 bits per heavy atom. The molecule has 0 saturated heterocycles. The van der Waals surface area contributed by atoms with Crippen LogP contribution in [0.3, 0.4) is 0 Å². The van der Waals surface area contributed by atoms with Crippen molar-refractivity contribution in [3.8, 4) is 6.07 Å². The van der Waals surface area contributed by atoms with Crippen LogP contribution in [0, 0.1) is 11.3 Å². The third-order valence-corrected chi connectivity index (χ3v) is 4.41. The van der Waals surface area contributed by atoms with Crippen molar-refractivity contribution in [1.82, 2.24) is 0 Å². The lowest BCUT2D eigenvalue weighted by Gasteiger charge is -2.02. The van der Waals surface area contributed by atoms with Crippen LogP contribution in [-0.2, 0) is 0 Å². The molecule has 1 heterocycles. The normalized spacial score (nSPS) is 10.0. The molecule has 0 atom stereocenters. The van der Waals surface area contributed by atoms with Crippen molar-refractivity contribution in [1.29, 1.82) is 5.26 Å². The molecule has 0 aliphatic heterocycles. The Morgan fingerprint density at radius 1 is 1.44 bits per heavy atom. The Bertz CT molecular complexity index is 646. The zero-order valence-corrected chi connectivity index (χ0v) is 11.3. The smallest absolute Gasteiger partial charge is 0.345 e. The van der Waals surface area contributed by atoms with Crippen LogP contribution >= 0.6 is 34.7 Å². The van der Waals surface area contributed by atoms with E-state index in [1.807, 2.05) is 0 Å². The van der Waals surface area contributed by atoms with E-state index in [0.29, 0.717) is 10.6 Å². The highest BCUT2D eigenvalue weighted by Gasteiger charge is 2.10. The first-order chi connectivity index (χ1) is 8.60. The first-order valence-corrected chi connectivity index (χ1v) is 6.87. The third-order valence-electron chi connectivity index (χ3n) is 2.08. The van der Waals surface area contributed by atoms with Gasteiger partial charge in [0, 0.05) is 20.2 Å². The quantitative estimate of drug-likeness (QED) is 0.925. The van der Waals surface area contributed by atoms with Crippen molar-refractivity contribution < 1.29 is 9.90 Å². The molecule has 0 aliphatic carbocycles. The molecule has 2 rings (SSSR count). The van der Waals surface area contributed by atoms with Crippen LogP contribution in [0.15, 0.2) is 39.4 Å². The van der Waals surface area contributed by atoms with Crippen LogP contribution in [0.4, 0.5) is 0 Å². The van der Waals surface area contributed by atoms with Crippen molar-refractivity contribution in [2.45, 2.75) is 9.79 Å². The summed E-state index contributed by atoms with van der Waals surface area (Å²) in [7, 11) is 0. The van der Waals surface area contributed by atoms with Crippen molar-refractivity contribution in [2.24, 2.45) is 0 Å². The molecule has 0 fully saturated rings. The van der Waals surface area contributed by atoms with Crippen LogP contribution in [-0.4, -0.2) is 11.1 Å². The van der Waals surface area contributed by atoms with Gasteiger partial charge in [-0.3, -0.25) is 0 Å². The monoisotopic (exact) mass is 295 g/mol. The molecule has 1 aromatic carbocycles. The van der Waals surface area contributed by atoms with Gasteiger partial charge in [-0.05, 0) is 24.3 Å². The standard InChI is InChI=1S/C12H6ClNO2S2/c13-8-2-1-7(5-14)10(3-8)18-9-4-11(12(15)16)17-6-9/h1-4,6H,(H,15,16). The van der Waals surface area contributed by atoms with E-state index >= 15 is 0 Å². The van der Waals surface area contributed by atoms with Gasteiger partial charge in [0.05, 0.1) is 5.56 Å². The van der Waals surface area contributed by atoms with Gasteiger partial charge in [-0.25, -0.2) is 4.79 Å². The number of thiophene rings is 1. The van der Waals surface area contributed by atoms with Gasteiger partial charge in [0.25, 0.3) is 0 Å². The number of halogens is 1. The zero-order chi connectivity index (χ0) is 13.1. The molecule has 0 aliphatic rings. The van der Waals surface area contributed by atoms with Gasteiger partial charge in [0.2, 0.25) is 0 Å². The van der Waals surface area contributed by atoms with Gasteiger partial charge in [-0.1, -0.05) is 23.4 Å². The molecule has 0 spiro atoms. The largest absolute Gasteiger partial charge is 0.477 e. The summed E-state index contributed by atoms with van der Waals surface area (Å²) < 4.78 is 0. The van der Waals surface area contributed by atoms with Crippen LogP contribution in [0.25, 0.3) is 0 Å². The number of aromatic carboxylic acids is 1. The molecule has 0 bridgehead atoms. The van der Waals surface area contributed by atoms with Crippen LogP contribution in [0.5, 0.6) is 0 Å². The molecule has 0 saturated carbocycles. The van der Waals surface area contributed by atoms with E-state index in [1.165, 1.54) is 11.8 Å². The average molecular weight is 296 g/mol. The van der Waals surface area contributed by atoms with Gasteiger partial charge in [-0.15, -0.1) is 11.3 Å². The fourth-order valence-electron chi connectivity index (χ4n) is 1.28. The number of hydrogen-bond donors (Lipinski definition) is 1. The summed E-state index contributed by atoms with van der Waals surface area (Å²) in [6, 6.07) is 8.66. The predicted molar refractivity (Wildman–Crippen MR) is 71.6 cm³/mol. The zero-order valence-electron chi connectivity index (χ0n) is 8.88. The lowest BCUT2D eigenvalue weighted by atomic mass is 10.2. The molecule has 2 aromatic rings. The van der Waals surface area contributed by atoms with E-state index in [4.69, 9.17) is 22.0 Å².